The van der Waals surface area contributed by atoms with Crippen LogP contribution in [0.1, 0.15) is 35.7 Å². The third-order valence-electron chi connectivity index (χ3n) is 2.62. The highest BCUT2D eigenvalue weighted by Crippen LogP contribution is 2.15. The van der Waals surface area contributed by atoms with Crippen LogP contribution in [-0.4, -0.2) is 34.2 Å². The molecule has 0 aromatic carbocycles. The maximum Gasteiger partial charge on any atom is 0.337 e. The molecule has 3 N–H and O–H groups in total. The van der Waals surface area contributed by atoms with E-state index in [0.29, 0.717) is 12.2 Å². The van der Waals surface area contributed by atoms with Crippen molar-refractivity contribution in [3.05, 3.63) is 23.2 Å². The smallest absolute Gasteiger partial charge is 0.337 e. The first kappa shape index (κ1) is 14.2. The number of carbonyl (C=O) groups excluding carboxylic acids is 1. The van der Waals surface area contributed by atoms with Crippen molar-refractivity contribution >= 4 is 11.9 Å². The van der Waals surface area contributed by atoms with E-state index < -0.39 is 17.5 Å². The molecule has 1 heterocycles. The minimum atomic E-state index is -2.00. The van der Waals surface area contributed by atoms with E-state index >= 15 is 0 Å². The van der Waals surface area contributed by atoms with Gasteiger partial charge in [-0.1, -0.05) is 6.92 Å². The minimum absolute atomic E-state index is 0.116. The van der Waals surface area contributed by atoms with E-state index in [1.165, 1.54) is 0 Å². The number of aryl methyl sites for hydroxylation is 2. The summed E-state index contributed by atoms with van der Waals surface area (Å²) in [6.45, 7) is 4.46. The standard InChI is InChI=1S/C12H17NO5/c1-4-8-7(2)5-9(18-8)10(14)13-6-12(3,17)11(15)16/h5,17H,4,6H2,1-3H3,(H,13,14)(H,15,16). The monoisotopic (exact) mass is 255 g/mol. The summed E-state index contributed by atoms with van der Waals surface area (Å²) in [6, 6.07) is 1.59. The number of carbonyl (C=O) groups is 2. The first-order valence-corrected chi connectivity index (χ1v) is 5.61. The van der Waals surface area contributed by atoms with Crippen molar-refractivity contribution in [2.45, 2.75) is 32.8 Å². The van der Waals surface area contributed by atoms with Gasteiger partial charge in [0.1, 0.15) is 5.76 Å². The first-order chi connectivity index (χ1) is 8.27. The van der Waals surface area contributed by atoms with Gasteiger partial charge in [0.2, 0.25) is 0 Å². The Morgan fingerprint density at radius 3 is 2.56 bits per heavy atom. The number of aliphatic hydroxyl groups is 1. The summed E-state index contributed by atoms with van der Waals surface area (Å²) in [5.41, 5.74) is -1.13. The summed E-state index contributed by atoms with van der Waals surface area (Å²) < 4.78 is 5.31. The molecule has 0 saturated heterocycles. The van der Waals surface area contributed by atoms with E-state index in [9.17, 15) is 14.7 Å². The van der Waals surface area contributed by atoms with Gasteiger partial charge < -0.3 is 19.9 Å². The van der Waals surface area contributed by atoms with Crippen LogP contribution in [0.3, 0.4) is 0 Å². The summed E-state index contributed by atoms with van der Waals surface area (Å²) in [5.74, 6) is -1.11. The molecule has 6 heteroatoms. The van der Waals surface area contributed by atoms with Crippen molar-refractivity contribution in [3.8, 4) is 0 Å². The van der Waals surface area contributed by atoms with Gasteiger partial charge in [0.15, 0.2) is 11.4 Å². The molecule has 0 aliphatic heterocycles. The van der Waals surface area contributed by atoms with Crippen LogP contribution in [-0.2, 0) is 11.2 Å². The Hall–Kier alpha value is -1.82. The van der Waals surface area contributed by atoms with Crippen LogP contribution in [0.5, 0.6) is 0 Å². The third-order valence-corrected chi connectivity index (χ3v) is 2.62. The van der Waals surface area contributed by atoms with Crippen LogP contribution in [0.15, 0.2) is 10.5 Å². The van der Waals surface area contributed by atoms with Crippen molar-refractivity contribution in [2.75, 3.05) is 6.54 Å². The van der Waals surface area contributed by atoms with Crippen LogP contribution in [0, 0.1) is 6.92 Å². The molecule has 0 bridgehead atoms. The van der Waals surface area contributed by atoms with Gasteiger partial charge in [-0.3, -0.25) is 4.79 Å². The molecule has 0 spiro atoms. The Balaban J connectivity index is 2.69. The zero-order valence-electron chi connectivity index (χ0n) is 10.6. The summed E-state index contributed by atoms with van der Waals surface area (Å²) in [4.78, 5) is 22.3. The zero-order valence-corrected chi connectivity index (χ0v) is 10.6. The highest BCUT2D eigenvalue weighted by Gasteiger charge is 2.30. The van der Waals surface area contributed by atoms with Crippen LogP contribution in [0.25, 0.3) is 0 Å². The molecular weight excluding hydrogens is 238 g/mol. The fourth-order valence-corrected chi connectivity index (χ4v) is 1.40. The molecule has 18 heavy (non-hydrogen) atoms. The van der Waals surface area contributed by atoms with Crippen molar-refractivity contribution in [1.82, 2.24) is 5.32 Å². The summed E-state index contributed by atoms with van der Waals surface area (Å²) in [6.07, 6.45) is 0.673. The first-order valence-electron chi connectivity index (χ1n) is 5.61. The lowest BCUT2D eigenvalue weighted by atomic mass is 10.1. The van der Waals surface area contributed by atoms with Crippen molar-refractivity contribution in [3.63, 3.8) is 0 Å². The average molecular weight is 255 g/mol. The number of rotatable bonds is 5. The second-order valence-electron chi connectivity index (χ2n) is 4.33. The molecular formula is C12H17NO5. The summed E-state index contributed by atoms with van der Waals surface area (Å²) in [7, 11) is 0. The predicted octanol–water partition coefficient (Wildman–Crippen LogP) is 0.716. The predicted molar refractivity (Wildman–Crippen MR) is 63.4 cm³/mol. The van der Waals surface area contributed by atoms with Gasteiger partial charge in [0.25, 0.3) is 5.91 Å². The maximum atomic E-state index is 11.7. The van der Waals surface area contributed by atoms with E-state index in [2.05, 4.69) is 5.32 Å². The number of carboxylic acid groups (broad SMARTS) is 1. The molecule has 1 aromatic rings. The summed E-state index contributed by atoms with van der Waals surface area (Å²) in [5, 5.41) is 20.5. The number of carboxylic acids is 1. The highest BCUT2D eigenvalue weighted by molar-refractivity contribution is 5.92. The minimum Gasteiger partial charge on any atom is -0.479 e. The van der Waals surface area contributed by atoms with Gasteiger partial charge >= 0.3 is 5.97 Å². The highest BCUT2D eigenvalue weighted by atomic mass is 16.4. The number of hydrogen-bond donors (Lipinski definition) is 3. The van der Waals surface area contributed by atoms with Gasteiger partial charge in [-0.25, -0.2) is 4.79 Å². The molecule has 1 rings (SSSR count). The molecule has 1 atom stereocenters. The molecule has 0 radical (unpaired) electrons. The average Bonchev–Trinajstić information content (AvgIpc) is 2.67. The van der Waals surface area contributed by atoms with Crippen LogP contribution in [0.4, 0.5) is 0 Å². The normalized spacial score (nSPS) is 14.0. The Kier molecular flexibility index (Phi) is 4.13. The largest absolute Gasteiger partial charge is 0.479 e. The van der Waals surface area contributed by atoms with Gasteiger partial charge in [0.05, 0.1) is 6.54 Å². The lowest BCUT2D eigenvalue weighted by molar-refractivity contribution is -0.155. The number of furan rings is 1. The zero-order chi connectivity index (χ0) is 13.9. The molecule has 1 unspecified atom stereocenters. The Labute approximate surface area is 105 Å². The molecule has 0 saturated carbocycles. The molecule has 100 valence electrons. The second kappa shape index (κ2) is 5.22. The molecule has 1 amide bonds. The van der Waals surface area contributed by atoms with E-state index in [0.717, 1.165) is 12.5 Å². The van der Waals surface area contributed by atoms with Crippen LogP contribution >= 0.6 is 0 Å². The van der Waals surface area contributed by atoms with Gasteiger partial charge in [-0.2, -0.15) is 0 Å². The molecule has 0 fully saturated rings. The van der Waals surface area contributed by atoms with Crippen LogP contribution < -0.4 is 5.32 Å². The molecule has 0 aliphatic rings. The van der Waals surface area contributed by atoms with Crippen molar-refractivity contribution in [1.29, 1.82) is 0 Å². The lowest BCUT2D eigenvalue weighted by Crippen LogP contribution is -2.46. The molecule has 0 aliphatic carbocycles. The fraction of sp³-hybridized carbons (Fsp3) is 0.500. The van der Waals surface area contributed by atoms with Crippen molar-refractivity contribution < 1.29 is 24.2 Å². The number of nitrogens with one attached hydrogen (secondary N) is 1. The van der Waals surface area contributed by atoms with Gasteiger partial charge in [-0.05, 0) is 25.5 Å². The molecule has 1 aromatic heterocycles. The van der Waals surface area contributed by atoms with Crippen LogP contribution in [0.2, 0.25) is 0 Å². The van der Waals surface area contributed by atoms with E-state index in [4.69, 9.17) is 9.52 Å². The number of hydrogen-bond acceptors (Lipinski definition) is 4. The van der Waals surface area contributed by atoms with E-state index in [1.54, 1.807) is 6.07 Å². The maximum absolute atomic E-state index is 11.7. The topological polar surface area (TPSA) is 99.8 Å². The molecule has 6 nitrogen and oxygen atoms in total. The van der Waals surface area contributed by atoms with Gasteiger partial charge in [0, 0.05) is 6.42 Å². The van der Waals surface area contributed by atoms with Gasteiger partial charge in [-0.15, -0.1) is 0 Å². The fourth-order valence-electron chi connectivity index (χ4n) is 1.40. The quantitative estimate of drug-likeness (QED) is 0.719. The lowest BCUT2D eigenvalue weighted by Gasteiger charge is -2.17. The Morgan fingerprint density at radius 1 is 1.50 bits per heavy atom. The third kappa shape index (κ3) is 3.10. The van der Waals surface area contributed by atoms with Crippen molar-refractivity contribution in [2.24, 2.45) is 0 Å². The Morgan fingerprint density at radius 2 is 2.11 bits per heavy atom. The number of aliphatic carboxylic acids is 1. The summed E-state index contributed by atoms with van der Waals surface area (Å²) >= 11 is 0. The number of amides is 1. The second-order valence-corrected chi connectivity index (χ2v) is 4.33. The van der Waals surface area contributed by atoms with E-state index in [1.807, 2.05) is 13.8 Å². The van der Waals surface area contributed by atoms with E-state index in [-0.39, 0.29) is 12.3 Å². The Bertz CT molecular complexity index is 461. The SMILES string of the molecule is CCc1oc(C(=O)NCC(C)(O)C(=O)O)cc1C.